The Morgan fingerprint density at radius 2 is 2.86 bits per heavy atom. The van der Waals surface area contributed by atoms with Crippen LogP contribution < -0.4 is 11.1 Å². The summed E-state index contributed by atoms with van der Waals surface area (Å²) in [5.41, 5.74) is 5.30. The average molecular weight is 116 g/mol. The molecule has 0 aliphatic carbocycles. The summed E-state index contributed by atoms with van der Waals surface area (Å²) in [5.74, 6) is 0.993. The largest absolute Gasteiger partial charge is 0.381 e. The van der Waals surface area contributed by atoms with Crippen LogP contribution in [0.5, 0.6) is 0 Å². The van der Waals surface area contributed by atoms with Gasteiger partial charge in [0.2, 0.25) is 0 Å². The quantitative estimate of drug-likeness (QED) is 0.509. The van der Waals surface area contributed by atoms with E-state index in [1.165, 1.54) is 4.91 Å². The summed E-state index contributed by atoms with van der Waals surface area (Å²) < 4.78 is 0. The summed E-state index contributed by atoms with van der Waals surface area (Å²) in [6.07, 6.45) is 1.96. The van der Waals surface area contributed by atoms with Crippen LogP contribution in [0.1, 0.15) is 0 Å². The van der Waals surface area contributed by atoms with E-state index in [0.29, 0.717) is 6.54 Å². The van der Waals surface area contributed by atoms with E-state index in [9.17, 15) is 0 Å². The molecule has 0 spiro atoms. The van der Waals surface area contributed by atoms with Crippen LogP contribution in [-0.2, 0) is 0 Å². The first-order chi connectivity index (χ1) is 3.43. The first kappa shape index (κ1) is 5.00. The maximum absolute atomic E-state index is 5.30. The number of nitrogens with one attached hydrogen (secondary N) is 1. The highest BCUT2D eigenvalue weighted by Crippen LogP contribution is 2.15. The van der Waals surface area contributed by atoms with Gasteiger partial charge in [-0.2, -0.15) is 0 Å². The molecule has 3 N–H and O–H groups in total. The van der Waals surface area contributed by atoms with Gasteiger partial charge in [0.15, 0.2) is 0 Å². The molecular weight excluding hydrogens is 108 g/mol. The lowest BCUT2D eigenvalue weighted by molar-refractivity contribution is 1.07. The molecule has 1 aliphatic rings. The van der Waals surface area contributed by atoms with Gasteiger partial charge in [-0.25, -0.2) is 0 Å². The minimum atomic E-state index is 0.678. The zero-order valence-electron chi connectivity index (χ0n) is 3.98. The summed E-state index contributed by atoms with van der Waals surface area (Å²) in [7, 11) is 0. The molecule has 0 aromatic carbocycles. The number of hydrogen-bond acceptors (Lipinski definition) is 3. The molecule has 0 aromatic rings. The molecule has 3 heteroatoms. The van der Waals surface area contributed by atoms with Crippen molar-refractivity contribution < 1.29 is 0 Å². The van der Waals surface area contributed by atoms with Crippen molar-refractivity contribution in [2.75, 3.05) is 12.4 Å². The Bertz CT molecular complexity index is 89.7. The molecule has 0 aromatic heterocycles. The van der Waals surface area contributed by atoms with Crippen molar-refractivity contribution in [3.63, 3.8) is 0 Å². The molecule has 7 heavy (non-hydrogen) atoms. The molecule has 0 amide bonds. The summed E-state index contributed by atoms with van der Waals surface area (Å²) >= 11 is 1.77. The van der Waals surface area contributed by atoms with Gasteiger partial charge in [0.1, 0.15) is 0 Å². The van der Waals surface area contributed by atoms with Crippen LogP contribution in [0.25, 0.3) is 0 Å². The van der Waals surface area contributed by atoms with Crippen LogP contribution in [0.2, 0.25) is 0 Å². The minimum absolute atomic E-state index is 0.678. The zero-order chi connectivity index (χ0) is 5.11. The van der Waals surface area contributed by atoms with Gasteiger partial charge in [-0.05, 0) is 0 Å². The Morgan fingerprint density at radius 1 is 2.00 bits per heavy atom. The van der Waals surface area contributed by atoms with Gasteiger partial charge in [-0.1, -0.05) is 0 Å². The summed E-state index contributed by atoms with van der Waals surface area (Å²) in [4.78, 5) is 1.25. The van der Waals surface area contributed by atoms with Crippen molar-refractivity contribution >= 4 is 11.8 Å². The van der Waals surface area contributed by atoms with Crippen molar-refractivity contribution in [3.05, 3.63) is 11.1 Å². The maximum atomic E-state index is 5.30. The van der Waals surface area contributed by atoms with Crippen LogP contribution in [0.3, 0.4) is 0 Å². The highest BCUT2D eigenvalue weighted by Gasteiger charge is 1.98. The van der Waals surface area contributed by atoms with Crippen molar-refractivity contribution in [2.45, 2.75) is 0 Å². The molecule has 2 nitrogen and oxygen atoms in total. The lowest BCUT2D eigenvalue weighted by atomic mass is 10.6. The zero-order valence-corrected chi connectivity index (χ0v) is 4.79. The molecule has 1 heterocycles. The highest BCUT2D eigenvalue weighted by atomic mass is 32.2. The Hall–Kier alpha value is -0.150. The third-order valence-corrected chi connectivity index (χ3v) is 1.77. The standard InChI is InChI=1S/C4H8N2S/c5-1-4-2-6-3-7-4/h2,6H,1,3,5H2. The van der Waals surface area contributed by atoms with Gasteiger partial charge in [-0.15, -0.1) is 11.8 Å². The number of rotatable bonds is 1. The van der Waals surface area contributed by atoms with Crippen LogP contribution in [0.4, 0.5) is 0 Å². The molecule has 0 unspecified atom stereocenters. The number of thioether (sulfide) groups is 1. The molecule has 1 rings (SSSR count). The maximum Gasteiger partial charge on any atom is 0.0649 e. The van der Waals surface area contributed by atoms with E-state index in [-0.39, 0.29) is 0 Å². The van der Waals surface area contributed by atoms with E-state index in [1.54, 1.807) is 11.8 Å². The molecule has 0 radical (unpaired) electrons. The van der Waals surface area contributed by atoms with Gasteiger partial charge in [0.25, 0.3) is 0 Å². The van der Waals surface area contributed by atoms with E-state index in [4.69, 9.17) is 5.73 Å². The van der Waals surface area contributed by atoms with E-state index in [1.807, 2.05) is 6.20 Å². The topological polar surface area (TPSA) is 38.0 Å². The van der Waals surface area contributed by atoms with Crippen molar-refractivity contribution in [3.8, 4) is 0 Å². The smallest absolute Gasteiger partial charge is 0.0649 e. The van der Waals surface area contributed by atoms with Crippen LogP contribution in [-0.4, -0.2) is 12.4 Å². The lowest BCUT2D eigenvalue weighted by Gasteiger charge is -1.87. The second kappa shape index (κ2) is 2.23. The Labute approximate surface area is 47.2 Å². The monoisotopic (exact) mass is 116 g/mol. The predicted molar refractivity (Wildman–Crippen MR) is 32.7 cm³/mol. The molecule has 40 valence electrons. The second-order valence-electron chi connectivity index (χ2n) is 1.31. The molecular formula is C4H8N2S. The fraction of sp³-hybridized carbons (Fsp3) is 0.500. The predicted octanol–water partition coefficient (Wildman–Crippen LogP) is 0.0804. The Kier molecular flexibility index (Phi) is 1.59. The van der Waals surface area contributed by atoms with Crippen LogP contribution in [0.15, 0.2) is 11.1 Å². The normalized spacial score (nSPS) is 18.7. The Morgan fingerprint density at radius 3 is 3.14 bits per heavy atom. The van der Waals surface area contributed by atoms with Gasteiger partial charge >= 0.3 is 0 Å². The minimum Gasteiger partial charge on any atom is -0.381 e. The molecule has 0 saturated carbocycles. The van der Waals surface area contributed by atoms with Gasteiger partial charge < -0.3 is 11.1 Å². The number of nitrogens with two attached hydrogens (primary N) is 1. The van der Waals surface area contributed by atoms with Gasteiger partial charge in [-0.3, -0.25) is 0 Å². The van der Waals surface area contributed by atoms with Crippen LogP contribution >= 0.6 is 11.8 Å². The molecule has 0 fully saturated rings. The Balaban J connectivity index is 2.36. The summed E-state index contributed by atoms with van der Waals surface area (Å²) in [5, 5.41) is 3.04. The third-order valence-electron chi connectivity index (χ3n) is 0.805. The van der Waals surface area contributed by atoms with E-state index in [2.05, 4.69) is 5.32 Å². The van der Waals surface area contributed by atoms with Gasteiger partial charge in [0, 0.05) is 17.6 Å². The van der Waals surface area contributed by atoms with E-state index >= 15 is 0 Å². The van der Waals surface area contributed by atoms with Crippen molar-refractivity contribution in [1.29, 1.82) is 0 Å². The van der Waals surface area contributed by atoms with Crippen LogP contribution in [0, 0.1) is 0 Å². The summed E-state index contributed by atoms with van der Waals surface area (Å²) in [6, 6.07) is 0. The fourth-order valence-electron chi connectivity index (χ4n) is 0.449. The lowest BCUT2D eigenvalue weighted by Crippen LogP contribution is -1.98. The van der Waals surface area contributed by atoms with E-state index < -0.39 is 0 Å². The first-order valence-electron chi connectivity index (χ1n) is 2.19. The summed E-state index contributed by atoms with van der Waals surface area (Å²) in [6.45, 7) is 0.678. The fourth-order valence-corrected chi connectivity index (χ4v) is 1.09. The molecule has 0 bridgehead atoms. The number of hydrogen-bond donors (Lipinski definition) is 2. The van der Waals surface area contributed by atoms with Crippen molar-refractivity contribution in [2.24, 2.45) is 5.73 Å². The molecule has 0 atom stereocenters. The molecule has 1 aliphatic heterocycles. The third kappa shape index (κ3) is 1.11. The van der Waals surface area contributed by atoms with Crippen molar-refractivity contribution in [1.82, 2.24) is 5.32 Å². The molecule has 0 saturated heterocycles. The second-order valence-corrected chi connectivity index (χ2v) is 2.41. The average Bonchev–Trinajstić information content (AvgIpc) is 2.14. The first-order valence-corrected chi connectivity index (χ1v) is 3.17. The van der Waals surface area contributed by atoms with Gasteiger partial charge in [0.05, 0.1) is 5.88 Å². The van der Waals surface area contributed by atoms with E-state index in [0.717, 1.165) is 5.88 Å². The highest BCUT2D eigenvalue weighted by molar-refractivity contribution is 8.03. The SMILES string of the molecule is NCC1=CNCS1.